The van der Waals surface area contributed by atoms with Crippen LogP contribution in [0.1, 0.15) is 11.1 Å². The van der Waals surface area contributed by atoms with E-state index in [1.54, 1.807) is 25.4 Å². The third-order valence-electron chi connectivity index (χ3n) is 2.59. The van der Waals surface area contributed by atoms with Gasteiger partial charge in [0.05, 0.1) is 4.92 Å². The van der Waals surface area contributed by atoms with Crippen molar-refractivity contribution in [1.29, 1.82) is 0 Å². The summed E-state index contributed by atoms with van der Waals surface area (Å²) in [4.78, 5) is 18.1. The van der Waals surface area contributed by atoms with Crippen molar-refractivity contribution in [3.05, 3.63) is 57.1 Å². The van der Waals surface area contributed by atoms with Crippen molar-refractivity contribution in [3.8, 4) is 0 Å². The molecule has 0 amide bonds. The van der Waals surface area contributed by atoms with E-state index in [0.717, 1.165) is 16.8 Å². The second-order valence-electron chi connectivity index (χ2n) is 3.98. The molecular formula is C12H11ClN4O2. The minimum absolute atomic E-state index is 0.0900. The highest BCUT2D eigenvalue weighted by Gasteiger charge is 2.14. The molecule has 0 saturated carbocycles. The standard InChI is InChI=1S/C12H11ClN4O2/c1-8-2-12(17(18)19)10(13)3-11(8)16-6-9-4-14-7-15-5-9/h2-5,7,16H,6H2,1H3. The third kappa shape index (κ3) is 3.17. The fourth-order valence-corrected chi connectivity index (χ4v) is 1.85. The summed E-state index contributed by atoms with van der Waals surface area (Å²) in [5.41, 5.74) is 2.33. The molecule has 1 heterocycles. The first-order valence-corrected chi connectivity index (χ1v) is 5.88. The summed E-state index contributed by atoms with van der Waals surface area (Å²) < 4.78 is 0. The van der Waals surface area contributed by atoms with Crippen LogP contribution < -0.4 is 5.32 Å². The number of rotatable bonds is 4. The van der Waals surface area contributed by atoms with Gasteiger partial charge in [0.2, 0.25) is 0 Å². The average Bonchev–Trinajstić information content (AvgIpc) is 2.40. The second-order valence-corrected chi connectivity index (χ2v) is 4.38. The number of aromatic nitrogens is 2. The van der Waals surface area contributed by atoms with Crippen molar-refractivity contribution in [2.24, 2.45) is 0 Å². The van der Waals surface area contributed by atoms with Crippen LogP contribution in [0.3, 0.4) is 0 Å². The lowest BCUT2D eigenvalue weighted by atomic mass is 10.1. The molecule has 98 valence electrons. The van der Waals surface area contributed by atoms with Gasteiger partial charge in [-0.2, -0.15) is 0 Å². The maximum Gasteiger partial charge on any atom is 0.288 e. The zero-order valence-electron chi connectivity index (χ0n) is 10.1. The lowest BCUT2D eigenvalue weighted by Gasteiger charge is -2.10. The monoisotopic (exact) mass is 278 g/mol. The van der Waals surface area contributed by atoms with Crippen molar-refractivity contribution in [1.82, 2.24) is 9.97 Å². The van der Waals surface area contributed by atoms with Crippen LogP contribution in [0.15, 0.2) is 30.9 Å². The molecule has 0 bridgehead atoms. The van der Waals surface area contributed by atoms with Crippen LogP contribution in [0.2, 0.25) is 5.02 Å². The van der Waals surface area contributed by atoms with Gasteiger partial charge in [0, 0.05) is 36.3 Å². The van der Waals surface area contributed by atoms with E-state index in [0.29, 0.717) is 6.54 Å². The molecule has 0 fully saturated rings. The molecule has 0 aliphatic carbocycles. The minimum atomic E-state index is -0.496. The summed E-state index contributed by atoms with van der Waals surface area (Å²) in [5, 5.41) is 14.0. The van der Waals surface area contributed by atoms with Crippen LogP contribution in [0.4, 0.5) is 11.4 Å². The molecule has 1 aromatic carbocycles. The highest BCUT2D eigenvalue weighted by molar-refractivity contribution is 6.33. The molecule has 0 aliphatic rings. The van der Waals surface area contributed by atoms with Crippen LogP contribution in [0.5, 0.6) is 0 Å². The van der Waals surface area contributed by atoms with Crippen molar-refractivity contribution in [3.63, 3.8) is 0 Å². The highest BCUT2D eigenvalue weighted by atomic mass is 35.5. The number of halogens is 1. The molecule has 0 spiro atoms. The van der Waals surface area contributed by atoms with Gasteiger partial charge in [-0.25, -0.2) is 9.97 Å². The molecule has 1 N–H and O–H groups in total. The normalized spacial score (nSPS) is 10.2. The molecule has 0 aliphatic heterocycles. The molecule has 2 aromatic rings. The fraction of sp³-hybridized carbons (Fsp3) is 0.167. The van der Waals surface area contributed by atoms with E-state index in [9.17, 15) is 10.1 Å². The molecule has 1 aromatic heterocycles. The molecule has 6 nitrogen and oxygen atoms in total. The molecule has 19 heavy (non-hydrogen) atoms. The topological polar surface area (TPSA) is 81.0 Å². The molecule has 2 rings (SSSR count). The predicted octanol–water partition coefficient (Wildman–Crippen LogP) is 2.96. The summed E-state index contributed by atoms with van der Waals surface area (Å²) in [6.45, 7) is 2.31. The number of hydrogen-bond donors (Lipinski definition) is 1. The second kappa shape index (κ2) is 5.62. The Morgan fingerprint density at radius 2 is 2.05 bits per heavy atom. The van der Waals surface area contributed by atoms with E-state index >= 15 is 0 Å². The van der Waals surface area contributed by atoms with Gasteiger partial charge in [0.1, 0.15) is 11.3 Å². The number of nitro groups is 1. The van der Waals surface area contributed by atoms with Crippen molar-refractivity contribution in [2.45, 2.75) is 13.5 Å². The summed E-state index contributed by atoms with van der Waals surface area (Å²) in [5.74, 6) is 0. The van der Waals surface area contributed by atoms with Crippen LogP contribution in [0, 0.1) is 17.0 Å². The van der Waals surface area contributed by atoms with Gasteiger partial charge in [0.15, 0.2) is 0 Å². The van der Waals surface area contributed by atoms with E-state index in [-0.39, 0.29) is 10.7 Å². The summed E-state index contributed by atoms with van der Waals surface area (Å²) >= 11 is 5.87. The Bertz CT molecular complexity index is 604. The number of hydrogen-bond acceptors (Lipinski definition) is 5. The number of nitrogens with zero attached hydrogens (tertiary/aromatic N) is 3. The lowest BCUT2D eigenvalue weighted by Crippen LogP contribution is -2.02. The van der Waals surface area contributed by atoms with Gasteiger partial charge in [-0.1, -0.05) is 11.6 Å². The van der Waals surface area contributed by atoms with Crippen LogP contribution >= 0.6 is 11.6 Å². The molecule has 0 atom stereocenters. The number of nitrogens with one attached hydrogen (secondary N) is 1. The van der Waals surface area contributed by atoms with E-state index in [1.807, 2.05) is 0 Å². The first-order chi connectivity index (χ1) is 9.08. The van der Waals surface area contributed by atoms with Crippen LogP contribution in [-0.2, 0) is 6.54 Å². The summed E-state index contributed by atoms with van der Waals surface area (Å²) in [6.07, 6.45) is 4.85. The van der Waals surface area contributed by atoms with Gasteiger partial charge in [-0.15, -0.1) is 0 Å². The molecule has 7 heteroatoms. The Morgan fingerprint density at radius 1 is 1.37 bits per heavy atom. The smallest absolute Gasteiger partial charge is 0.288 e. The third-order valence-corrected chi connectivity index (χ3v) is 2.89. The maximum absolute atomic E-state index is 10.7. The molecule has 0 saturated heterocycles. The highest BCUT2D eigenvalue weighted by Crippen LogP contribution is 2.30. The molecular weight excluding hydrogens is 268 g/mol. The number of nitro benzene ring substituents is 1. The summed E-state index contributed by atoms with van der Waals surface area (Å²) in [7, 11) is 0. The lowest BCUT2D eigenvalue weighted by molar-refractivity contribution is -0.384. The Kier molecular flexibility index (Phi) is 3.91. The van der Waals surface area contributed by atoms with E-state index in [1.165, 1.54) is 12.4 Å². The van der Waals surface area contributed by atoms with E-state index < -0.39 is 4.92 Å². The Labute approximate surface area is 114 Å². The van der Waals surface area contributed by atoms with Crippen LogP contribution in [-0.4, -0.2) is 14.9 Å². The SMILES string of the molecule is Cc1cc([N+](=O)[O-])c(Cl)cc1NCc1cncnc1. The van der Waals surface area contributed by atoms with Crippen molar-refractivity contribution in [2.75, 3.05) is 5.32 Å². The van der Waals surface area contributed by atoms with Crippen LogP contribution in [0.25, 0.3) is 0 Å². The Hall–Kier alpha value is -2.21. The molecule has 0 unspecified atom stereocenters. The average molecular weight is 279 g/mol. The first kappa shape index (κ1) is 13.2. The van der Waals surface area contributed by atoms with Gasteiger partial charge in [0.25, 0.3) is 5.69 Å². The van der Waals surface area contributed by atoms with Gasteiger partial charge in [-0.05, 0) is 18.6 Å². The molecule has 0 radical (unpaired) electrons. The number of anilines is 1. The summed E-state index contributed by atoms with van der Waals surface area (Å²) in [6, 6.07) is 3.00. The zero-order valence-corrected chi connectivity index (χ0v) is 10.9. The number of aryl methyl sites for hydroxylation is 1. The first-order valence-electron chi connectivity index (χ1n) is 5.50. The largest absolute Gasteiger partial charge is 0.381 e. The quantitative estimate of drug-likeness (QED) is 0.687. The van der Waals surface area contributed by atoms with Gasteiger partial charge >= 0.3 is 0 Å². The van der Waals surface area contributed by atoms with Gasteiger partial charge in [-0.3, -0.25) is 10.1 Å². The van der Waals surface area contributed by atoms with Gasteiger partial charge < -0.3 is 5.32 Å². The number of benzene rings is 1. The zero-order chi connectivity index (χ0) is 13.8. The van der Waals surface area contributed by atoms with E-state index in [4.69, 9.17) is 11.6 Å². The van der Waals surface area contributed by atoms with Crippen molar-refractivity contribution >= 4 is 23.0 Å². The predicted molar refractivity (Wildman–Crippen MR) is 72.2 cm³/mol. The van der Waals surface area contributed by atoms with E-state index in [2.05, 4.69) is 15.3 Å². The Balaban J connectivity index is 2.17. The Morgan fingerprint density at radius 3 is 2.68 bits per heavy atom. The minimum Gasteiger partial charge on any atom is -0.381 e. The van der Waals surface area contributed by atoms with Crippen molar-refractivity contribution < 1.29 is 4.92 Å². The maximum atomic E-state index is 10.7. The fourth-order valence-electron chi connectivity index (χ4n) is 1.62.